The minimum Gasteiger partial charge on any atom is -0.267 e. The first-order valence-corrected chi connectivity index (χ1v) is 6.37. The van der Waals surface area contributed by atoms with Crippen LogP contribution in [0.25, 0.3) is 0 Å². The number of benzene rings is 2. The number of halogens is 1. The fourth-order valence-electron chi connectivity index (χ4n) is 1.68. The summed E-state index contributed by atoms with van der Waals surface area (Å²) in [6.07, 6.45) is 0. The lowest BCUT2D eigenvalue weighted by atomic mass is 10.1. The standard InChI is InChI=1S/C15H13ClN2O2/c1-10-5-4-6-11(9-10)14(19)17-18-15(20)12-7-2-3-8-13(12)16/h2-9H,1H3,(H,17,19)(H,18,20). The molecule has 0 radical (unpaired) electrons. The molecule has 2 N–H and O–H groups in total. The van der Waals surface area contributed by atoms with Crippen LogP contribution in [0, 0.1) is 6.92 Å². The molecule has 0 aliphatic heterocycles. The molecule has 0 heterocycles. The lowest BCUT2D eigenvalue weighted by molar-refractivity contribution is 0.0846. The third-order valence-electron chi connectivity index (χ3n) is 2.69. The molecule has 0 bridgehead atoms. The van der Waals surface area contributed by atoms with Crippen molar-refractivity contribution in [2.45, 2.75) is 6.92 Å². The van der Waals surface area contributed by atoms with Crippen molar-refractivity contribution in [2.75, 3.05) is 0 Å². The number of carbonyl (C=O) groups is 2. The number of amides is 2. The van der Waals surface area contributed by atoms with Gasteiger partial charge in [0, 0.05) is 5.56 Å². The molecular formula is C15H13ClN2O2. The second kappa shape index (κ2) is 6.21. The van der Waals surface area contributed by atoms with Gasteiger partial charge >= 0.3 is 0 Å². The monoisotopic (exact) mass is 288 g/mol. The molecule has 2 amide bonds. The fraction of sp³-hybridized carbons (Fsp3) is 0.0667. The van der Waals surface area contributed by atoms with Crippen molar-refractivity contribution in [3.05, 3.63) is 70.2 Å². The van der Waals surface area contributed by atoms with Crippen molar-refractivity contribution in [3.63, 3.8) is 0 Å². The van der Waals surface area contributed by atoms with E-state index in [1.807, 2.05) is 13.0 Å². The maximum absolute atomic E-state index is 11.9. The predicted molar refractivity (Wildman–Crippen MR) is 77.6 cm³/mol. The SMILES string of the molecule is Cc1cccc(C(=O)NNC(=O)c2ccccc2Cl)c1. The Bertz CT molecular complexity index is 656. The van der Waals surface area contributed by atoms with Crippen LogP contribution in [-0.4, -0.2) is 11.8 Å². The largest absolute Gasteiger partial charge is 0.271 e. The van der Waals surface area contributed by atoms with Crippen molar-refractivity contribution < 1.29 is 9.59 Å². The summed E-state index contributed by atoms with van der Waals surface area (Å²) in [6.45, 7) is 1.89. The lowest BCUT2D eigenvalue weighted by Crippen LogP contribution is -2.41. The van der Waals surface area contributed by atoms with Crippen molar-refractivity contribution >= 4 is 23.4 Å². The van der Waals surface area contributed by atoms with Gasteiger partial charge in [-0.3, -0.25) is 20.4 Å². The summed E-state index contributed by atoms with van der Waals surface area (Å²) < 4.78 is 0. The third-order valence-corrected chi connectivity index (χ3v) is 3.02. The van der Waals surface area contributed by atoms with E-state index in [1.165, 1.54) is 0 Å². The predicted octanol–water partition coefficient (Wildman–Crippen LogP) is 2.72. The molecule has 0 fully saturated rings. The second-order valence-corrected chi connectivity index (χ2v) is 4.66. The number of hydrogen-bond donors (Lipinski definition) is 2. The zero-order valence-corrected chi connectivity index (χ0v) is 11.6. The molecule has 2 rings (SSSR count). The smallest absolute Gasteiger partial charge is 0.267 e. The topological polar surface area (TPSA) is 58.2 Å². The van der Waals surface area contributed by atoms with E-state index in [0.717, 1.165) is 5.56 Å². The van der Waals surface area contributed by atoms with Crippen LogP contribution in [-0.2, 0) is 0 Å². The summed E-state index contributed by atoms with van der Waals surface area (Å²) in [7, 11) is 0. The van der Waals surface area contributed by atoms with Crippen LogP contribution < -0.4 is 10.9 Å². The molecule has 20 heavy (non-hydrogen) atoms. The minimum absolute atomic E-state index is 0.304. The number of hydrazine groups is 1. The highest BCUT2D eigenvalue weighted by molar-refractivity contribution is 6.33. The molecule has 0 aliphatic rings. The average Bonchev–Trinajstić information content (AvgIpc) is 2.45. The van der Waals surface area contributed by atoms with E-state index in [0.29, 0.717) is 16.1 Å². The summed E-state index contributed by atoms with van der Waals surface area (Å²) in [6, 6.07) is 13.7. The molecule has 0 aromatic heterocycles. The zero-order chi connectivity index (χ0) is 14.5. The van der Waals surface area contributed by atoms with Crippen LogP contribution >= 0.6 is 11.6 Å². The van der Waals surface area contributed by atoms with Crippen LogP contribution in [0.2, 0.25) is 5.02 Å². The number of aryl methyl sites for hydroxylation is 1. The van der Waals surface area contributed by atoms with E-state index < -0.39 is 5.91 Å². The van der Waals surface area contributed by atoms with E-state index in [1.54, 1.807) is 42.5 Å². The Morgan fingerprint density at radius 2 is 1.65 bits per heavy atom. The fourth-order valence-corrected chi connectivity index (χ4v) is 1.91. The van der Waals surface area contributed by atoms with Gasteiger partial charge in [0.05, 0.1) is 10.6 Å². The molecule has 4 nitrogen and oxygen atoms in total. The van der Waals surface area contributed by atoms with Crippen LogP contribution in [0.1, 0.15) is 26.3 Å². The minimum atomic E-state index is -0.461. The first kappa shape index (κ1) is 14.1. The molecule has 0 spiro atoms. The van der Waals surface area contributed by atoms with Crippen molar-refractivity contribution in [3.8, 4) is 0 Å². The summed E-state index contributed by atoms with van der Waals surface area (Å²) >= 11 is 5.90. The lowest BCUT2D eigenvalue weighted by Gasteiger charge is -2.08. The second-order valence-electron chi connectivity index (χ2n) is 4.26. The summed E-state index contributed by atoms with van der Waals surface area (Å²) in [5, 5.41) is 0.329. The first-order valence-electron chi connectivity index (χ1n) is 6.00. The van der Waals surface area contributed by atoms with E-state index in [4.69, 9.17) is 11.6 Å². The highest BCUT2D eigenvalue weighted by atomic mass is 35.5. The van der Waals surface area contributed by atoms with Gasteiger partial charge in [0.25, 0.3) is 11.8 Å². The van der Waals surface area contributed by atoms with Gasteiger partial charge < -0.3 is 0 Å². The highest BCUT2D eigenvalue weighted by Crippen LogP contribution is 2.14. The number of hydrogen-bond acceptors (Lipinski definition) is 2. The van der Waals surface area contributed by atoms with Gasteiger partial charge in [0.2, 0.25) is 0 Å². The number of carbonyl (C=O) groups excluding carboxylic acids is 2. The van der Waals surface area contributed by atoms with Gasteiger partial charge in [-0.2, -0.15) is 0 Å². The van der Waals surface area contributed by atoms with Crippen LogP contribution in [0.15, 0.2) is 48.5 Å². The van der Waals surface area contributed by atoms with Crippen molar-refractivity contribution in [2.24, 2.45) is 0 Å². The Labute approximate surface area is 121 Å². The van der Waals surface area contributed by atoms with E-state index >= 15 is 0 Å². The Kier molecular flexibility index (Phi) is 4.38. The molecule has 2 aromatic rings. The van der Waals surface area contributed by atoms with E-state index in [2.05, 4.69) is 10.9 Å². The number of rotatable bonds is 2. The van der Waals surface area contributed by atoms with E-state index in [9.17, 15) is 9.59 Å². The van der Waals surface area contributed by atoms with Crippen LogP contribution in [0.3, 0.4) is 0 Å². The normalized spacial score (nSPS) is 9.90. The van der Waals surface area contributed by atoms with E-state index in [-0.39, 0.29) is 5.91 Å². The molecule has 0 unspecified atom stereocenters. The molecule has 0 saturated heterocycles. The van der Waals surface area contributed by atoms with Gasteiger partial charge in [0.15, 0.2) is 0 Å². The summed E-state index contributed by atoms with van der Waals surface area (Å²) in [5.74, 6) is -0.842. The van der Waals surface area contributed by atoms with Gasteiger partial charge in [-0.05, 0) is 31.2 Å². The number of nitrogens with one attached hydrogen (secondary N) is 2. The van der Waals surface area contributed by atoms with Crippen LogP contribution in [0.4, 0.5) is 0 Å². The van der Waals surface area contributed by atoms with Crippen molar-refractivity contribution in [1.29, 1.82) is 0 Å². The molecule has 102 valence electrons. The van der Waals surface area contributed by atoms with Gasteiger partial charge in [-0.25, -0.2) is 0 Å². The van der Waals surface area contributed by atoms with Crippen molar-refractivity contribution in [1.82, 2.24) is 10.9 Å². The van der Waals surface area contributed by atoms with Gasteiger partial charge in [-0.1, -0.05) is 41.4 Å². The Hall–Kier alpha value is -2.33. The van der Waals surface area contributed by atoms with Gasteiger partial charge in [0.1, 0.15) is 0 Å². The first-order chi connectivity index (χ1) is 9.58. The molecule has 0 saturated carbocycles. The third kappa shape index (κ3) is 3.36. The molecule has 2 aromatic carbocycles. The zero-order valence-electron chi connectivity index (χ0n) is 10.8. The molecular weight excluding hydrogens is 276 g/mol. The molecule has 0 aliphatic carbocycles. The summed E-state index contributed by atoms with van der Waals surface area (Å²) in [4.78, 5) is 23.7. The highest BCUT2D eigenvalue weighted by Gasteiger charge is 2.11. The van der Waals surface area contributed by atoms with Crippen LogP contribution in [0.5, 0.6) is 0 Å². The Morgan fingerprint density at radius 3 is 2.35 bits per heavy atom. The maximum atomic E-state index is 11.9. The quantitative estimate of drug-likeness (QED) is 0.835. The average molecular weight is 289 g/mol. The Morgan fingerprint density at radius 1 is 0.950 bits per heavy atom. The summed E-state index contributed by atoms with van der Waals surface area (Å²) in [5.41, 5.74) is 6.44. The molecule has 5 heteroatoms. The van der Waals surface area contributed by atoms with Gasteiger partial charge in [-0.15, -0.1) is 0 Å². The Balaban J connectivity index is 2.01. The maximum Gasteiger partial charge on any atom is 0.271 e. The molecule has 0 atom stereocenters.